The zero-order chi connectivity index (χ0) is 15.2. The molecule has 0 unspecified atom stereocenters. The van der Waals surface area contributed by atoms with Gasteiger partial charge in [-0.05, 0) is 23.5 Å². The predicted molar refractivity (Wildman–Crippen MR) is 79.6 cm³/mol. The zero-order valence-electron chi connectivity index (χ0n) is 12.4. The number of rotatable bonds is 7. The van der Waals surface area contributed by atoms with Gasteiger partial charge in [0, 0.05) is 25.5 Å². The Bertz CT molecular complexity index is 495. The second kappa shape index (κ2) is 7.15. The van der Waals surface area contributed by atoms with Crippen LogP contribution in [-0.2, 0) is 16.6 Å². The molecule has 6 heteroatoms. The fourth-order valence-corrected chi connectivity index (χ4v) is 3.52. The van der Waals surface area contributed by atoms with Crippen LogP contribution in [0.15, 0.2) is 24.5 Å². The number of aromatic nitrogens is 1. The molecule has 0 aromatic carbocycles. The third-order valence-electron chi connectivity index (χ3n) is 2.93. The van der Waals surface area contributed by atoms with Crippen LogP contribution in [0.4, 0.5) is 0 Å². The van der Waals surface area contributed by atoms with E-state index in [0.717, 1.165) is 5.56 Å². The Kier molecular flexibility index (Phi) is 6.10. The van der Waals surface area contributed by atoms with Gasteiger partial charge in [-0.25, -0.2) is 8.42 Å². The van der Waals surface area contributed by atoms with Gasteiger partial charge in [0.15, 0.2) is 0 Å². The lowest BCUT2D eigenvalue weighted by molar-refractivity contribution is 0.250. The van der Waals surface area contributed by atoms with Gasteiger partial charge in [-0.3, -0.25) is 4.98 Å². The molecule has 0 aliphatic rings. The molecule has 1 heterocycles. The molecule has 0 radical (unpaired) electrons. The predicted octanol–water partition coefficient (Wildman–Crippen LogP) is 1.64. The maximum atomic E-state index is 12.4. The van der Waals surface area contributed by atoms with Gasteiger partial charge in [0.25, 0.3) is 0 Å². The van der Waals surface area contributed by atoms with Crippen molar-refractivity contribution in [2.75, 3.05) is 18.9 Å². The van der Waals surface area contributed by atoms with E-state index in [1.165, 1.54) is 4.31 Å². The van der Waals surface area contributed by atoms with Crippen molar-refractivity contribution in [3.63, 3.8) is 0 Å². The molecule has 0 saturated carbocycles. The third-order valence-corrected chi connectivity index (χ3v) is 4.75. The van der Waals surface area contributed by atoms with Crippen molar-refractivity contribution in [2.24, 2.45) is 5.41 Å². The molecule has 0 aliphatic heterocycles. The Morgan fingerprint density at radius 2 is 2.05 bits per heavy atom. The highest BCUT2D eigenvalue weighted by Crippen LogP contribution is 2.21. The number of nitrogens with zero attached hydrogens (tertiary/aromatic N) is 2. The van der Waals surface area contributed by atoms with Crippen LogP contribution < -0.4 is 0 Å². The first-order valence-corrected chi connectivity index (χ1v) is 8.33. The first-order chi connectivity index (χ1) is 9.24. The second-order valence-corrected chi connectivity index (χ2v) is 8.13. The molecule has 20 heavy (non-hydrogen) atoms. The van der Waals surface area contributed by atoms with E-state index in [9.17, 15) is 8.42 Å². The van der Waals surface area contributed by atoms with Crippen LogP contribution in [0.25, 0.3) is 0 Å². The van der Waals surface area contributed by atoms with Crippen LogP contribution >= 0.6 is 0 Å². The largest absolute Gasteiger partial charge is 0.395 e. The van der Waals surface area contributed by atoms with Crippen LogP contribution in [-0.4, -0.2) is 41.7 Å². The molecule has 1 rings (SSSR count). The van der Waals surface area contributed by atoms with E-state index in [1.54, 1.807) is 18.5 Å². The number of pyridine rings is 1. The lowest BCUT2D eigenvalue weighted by Crippen LogP contribution is -2.35. The lowest BCUT2D eigenvalue weighted by Gasteiger charge is -2.24. The molecule has 0 aliphatic carbocycles. The summed E-state index contributed by atoms with van der Waals surface area (Å²) in [6.45, 7) is 6.22. The van der Waals surface area contributed by atoms with Gasteiger partial charge in [0.2, 0.25) is 10.0 Å². The summed E-state index contributed by atoms with van der Waals surface area (Å²) in [5.41, 5.74) is 0.784. The summed E-state index contributed by atoms with van der Waals surface area (Å²) >= 11 is 0. The number of aliphatic hydroxyl groups is 1. The normalized spacial score (nSPS) is 12.8. The second-order valence-electron chi connectivity index (χ2n) is 6.05. The highest BCUT2D eigenvalue weighted by Gasteiger charge is 2.24. The Morgan fingerprint density at radius 1 is 1.35 bits per heavy atom. The fourth-order valence-electron chi connectivity index (χ4n) is 1.69. The van der Waals surface area contributed by atoms with E-state index in [1.807, 2.05) is 26.8 Å². The topological polar surface area (TPSA) is 70.5 Å². The molecule has 1 N–H and O–H groups in total. The maximum absolute atomic E-state index is 12.4. The van der Waals surface area contributed by atoms with Crippen molar-refractivity contribution >= 4 is 10.0 Å². The lowest BCUT2D eigenvalue weighted by atomic mass is 9.94. The molecule has 0 bridgehead atoms. The first-order valence-electron chi connectivity index (χ1n) is 6.72. The van der Waals surface area contributed by atoms with Crippen molar-refractivity contribution in [2.45, 2.75) is 33.7 Å². The average Bonchev–Trinajstić information content (AvgIpc) is 2.37. The summed E-state index contributed by atoms with van der Waals surface area (Å²) in [6, 6.07) is 3.60. The summed E-state index contributed by atoms with van der Waals surface area (Å²) in [5.74, 6) is 0.0940. The molecule has 1 aromatic rings. The smallest absolute Gasteiger partial charge is 0.214 e. The summed E-state index contributed by atoms with van der Waals surface area (Å²) in [6.07, 6.45) is 3.88. The fraction of sp³-hybridized carbons (Fsp3) is 0.643. The summed E-state index contributed by atoms with van der Waals surface area (Å²) in [4.78, 5) is 3.98. The molecule has 0 spiro atoms. The summed E-state index contributed by atoms with van der Waals surface area (Å²) in [7, 11) is -3.37. The molecule has 114 valence electrons. The quantitative estimate of drug-likeness (QED) is 0.831. The van der Waals surface area contributed by atoms with E-state index in [-0.39, 0.29) is 30.9 Å². The maximum Gasteiger partial charge on any atom is 0.214 e. The van der Waals surface area contributed by atoms with Crippen molar-refractivity contribution in [3.05, 3.63) is 30.1 Å². The molecule has 0 saturated heterocycles. The minimum atomic E-state index is -3.37. The van der Waals surface area contributed by atoms with E-state index < -0.39 is 10.0 Å². The molecule has 0 atom stereocenters. The van der Waals surface area contributed by atoms with Crippen molar-refractivity contribution < 1.29 is 13.5 Å². The number of sulfonamides is 1. The number of hydrogen-bond acceptors (Lipinski definition) is 4. The van der Waals surface area contributed by atoms with Gasteiger partial charge in [0.1, 0.15) is 0 Å². The molecule has 5 nitrogen and oxygen atoms in total. The van der Waals surface area contributed by atoms with Crippen molar-refractivity contribution in [1.29, 1.82) is 0 Å². The Balaban J connectivity index is 2.78. The molecule has 0 amide bonds. The Morgan fingerprint density at radius 3 is 2.55 bits per heavy atom. The average molecular weight is 300 g/mol. The molecule has 0 fully saturated rings. The summed E-state index contributed by atoms with van der Waals surface area (Å²) < 4.78 is 26.1. The van der Waals surface area contributed by atoms with Crippen molar-refractivity contribution in [3.8, 4) is 0 Å². The third kappa shape index (κ3) is 5.98. The highest BCUT2D eigenvalue weighted by molar-refractivity contribution is 7.89. The number of hydrogen-bond donors (Lipinski definition) is 1. The van der Waals surface area contributed by atoms with E-state index in [0.29, 0.717) is 6.42 Å². The van der Waals surface area contributed by atoms with Gasteiger partial charge in [-0.15, -0.1) is 0 Å². The van der Waals surface area contributed by atoms with Gasteiger partial charge in [0.05, 0.1) is 12.4 Å². The summed E-state index contributed by atoms with van der Waals surface area (Å²) in [5, 5.41) is 9.08. The number of aliphatic hydroxyl groups excluding tert-OH is 1. The van der Waals surface area contributed by atoms with Crippen LogP contribution in [0.1, 0.15) is 32.8 Å². The Labute approximate surface area is 121 Å². The van der Waals surface area contributed by atoms with Gasteiger partial charge >= 0.3 is 0 Å². The van der Waals surface area contributed by atoms with Crippen LogP contribution in [0, 0.1) is 5.41 Å². The van der Waals surface area contributed by atoms with Crippen LogP contribution in [0.5, 0.6) is 0 Å². The van der Waals surface area contributed by atoms with E-state index in [2.05, 4.69) is 4.98 Å². The monoisotopic (exact) mass is 300 g/mol. The SMILES string of the molecule is CC(C)(C)CCS(=O)(=O)N(CCO)Cc1cccnc1. The Hall–Kier alpha value is -0.980. The minimum Gasteiger partial charge on any atom is -0.395 e. The van der Waals surface area contributed by atoms with E-state index >= 15 is 0 Å². The van der Waals surface area contributed by atoms with Crippen molar-refractivity contribution in [1.82, 2.24) is 9.29 Å². The highest BCUT2D eigenvalue weighted by atomic mass is 32.2. The standard InChI is InChI=1S/C14H24N2O3S/c1-14(2,3)6-10-20(18,19)16(8-9-17)12-13-5-4-7-15-11-13/h4-5,7,11,17H,6,8-10,12H2,1-3H3. The van der Waals surface area contributed by atoms with Gasteiger partial charge in [-0.2, -0.15) is 4.31 Å². The van der Waals surface area contributed by atoms with Crippen LogP contribution in [0.3, 0.4) is 0 Å². The first kappa shape index (κ1) is 17.1. The molecule has 1 aromatic heterocycles. The molecular formula is C14H24N2O3S. The minimum absolute atomic E-state index is 0.0355. The van der Waals surface area contributed by atoms with E-state index in [4.69, 9.17) is 5.11 Å². The van der Waals surface area contributed by atoms with Gasteiger partial charge in [-0.1, -0.05) is 26.8 Å². The molecular weight excluding hydrogens is 276 g/mol. The van der Waals surface area contributed by atoms with Crippen LogP contribution in [0.2, 0.25) is 0 Å². The zero-order valence-corrected chi connectivity index (χ0v) is 13.2. The van der Waals surface area contributed by atoms with Gasteiger partial charge < -0.3 is 5.11 Å².